The van der Waals surface area contributed by atoms with Crippen molar-refractivity contribution in [1.82, 2.24) is 0 Å². The van der Waals surface area contributed by atoms with Gasteiger partial charge in [0.15, 0.2) is 0 Å². The van der Waals surface area contributed by atoms with Crippen LogP contribution in [0.4, 0.5) is 0 Å². The van der Waals surface area contributed by atoms with E-state index in [1.807, 2.05) is 0 Å². The molecule has 0 spiro atoms. The first-order valence-electron chi connectivity index (χ1n) is 0. The van der Waals surface area contributed by atoms with Gasteiger partial charge in [-0.2, -0.15) is 0 Å². The van der Waals surface area contributed by atoms with E-state index in [-0.39, 0.29) is 1390 Å². The summed E-state index contributed by atoms with van der Waals surface area (Å²) in [5, 5.41) is 0. The van der Waals surface area contributed by atoms with Crippen LogP contribution >= 0.6 is 0 Å². The molecule has 0 saturated carbocycles. The maximum atomic E-state index is 0. The molecule has 0 aromatic heterocycles. The zero-order chi connectivity index (χ0) is 0. The van der Waals surface area contributed by atoms with E-state index in [0.29, 0.717) is 0 Å². The second-order valence-corrected chi connectivity index (χ2v) is 0. The fourth-order valence-electron chi connectivity index (χ4n) is 0. The summed E-state index contributed by atoms with van der Waals surface area (Å²) in [5.74, 6) is 0. The summed E-state index contributed by atoms with van der Waals surface area (Å²) in [5.41, 5.74) is 0. The van der Waals surface area contributed by atoms with Crippen molar-refractivity contribution in [1.29, 1.82) is 0 Å². The van der Waals surface area contributed by atoms with Gasteiger partial charge in [-0.05, 0) is 0 Å². The fraction of sp³-hybridized carbons (Fsp3) is 0. The molecule has 0 rings (SSSR count). The second-order valence-electron chi connectivity index (χ2n) is 0. The summed E-state index contributed by atoms with van der Waals surface area (Å²) in [4.78, 5) is 0. The van der Waals surface area contributed by atoms with Crippen LogP contribution in [-0.4, -0.2) is 0 Å². The first-order chi connectivity index (χ1) is 0. The Balaban J connectivity index is 0. The molecule has 0 aliphatic heterocycles. The molecule has 0 aromatic rings. The van der Waals surface area contributed by atoms with Gasteiger partial charge < -0.3 is 0 Å². The van der Waals surface area contributed by atoms with Gasteiger partial charge in [-0.3, -0.25) is 0 Å². The van der Waals surface area contributed by atoms with Gasteiger partial charge in [-0.15, -0.1) is 0 Å². The summed E-state index contributed by atoms with van der Waals surface area (Å²) in [6.07, 6.45) is 0. The molecule has 0 N–H and O–H groups in total. The van der Waals surface area contributed by atoms with E-state index >= 15 is 0 Å². The molecule has 0 atom stereocenters. The van der Waals surface area contributed by atoms with Crippen LogP contribution in [0.15, 0.2) is 0 Å². The van der Waals surface area contributed by atoms with Crippen molar-refractivity contribution in [3.8, 4) is 0 Å². The molecular formula is Cd51. The van der Waals surface area contributed by atoms with Crippen molar-refractivity contribution >= 4 is 0 Å². The Morgan fingerprint density at radius 2 is 0.0196 bits per heavy atom. The van der Waals surface area contributed by atoms with E-state index in [9.17, 15) is 0 Å². The largest absolute Gasteiger partial charge is 0 e. The molecule has 0 aromatic carbocycles. The maximum Gasteiger partial charge on any atom is 0 e. The van der Waals surface area contributed by atoms with E-state index in [2.05, 4.69) is 0 Å². The predicted molar refractivity (Wildman–Crippen MR) is 0 cm³/mol. The molecule has 0 amide bonds. The van der Waals surface area contributed by atoms with Gasteiger partial charge in [0.2, 0.25) is 0 Å². The molecule has 51 heavy (non-hydrogen) atoms. The SMILES string of the molecule is [Cd].[Cd].[Cd].[Cd].[Cd].[Cd].[Cd].[Cd].[Cd].[Cd].[Cd].[Cd].[Cd].[Cd].[Cd].[Cd].[Cd].[Cd].[Cd].[Cd].[Cd].[Cd].[Cd].[Cd].[Cd].[Cd].[Cd].[Cd].[Cd].[Cd].[Cd].[Cd].[Cd].[Cd].[Cd].[Cd].[Cd].[Cd].[Cd].[Cd].[Cd].[Cd].[Cd].[Cd].[Cd].[Cd].[Cd].[Cd].[Cd].[Cd].[Cd]. The second kappa shape index (κ2) is 405. The van der Waals surface area contributed by atoms with E-state index in [1.54, 1.807) is 0 Å². The third kappa shape index (κ3) is 396. The Kier molecular flexibility index (Phi) is 3310. The van der Waals surface area contributed by atoms with Crippen LogP contribution in [-0.2, 0) is 1390 Å². The Bertz CT molecular complexity index is 0. The standard InChI is InChI=1S/51Cd. The van der Waals surface area contributed by atoms with Gasteiger partial charge in [0.25, 0.3) is 0 Å². The molecule has 0 fully saturated rings. The quantitative estimate of drug-likeness (QED) is 0.298. The van der Waals surface area contributed by atoms with E-state index < -0.39 is 0 Å². The summed E-state index contributed by atoms with van der Waals surface area (Å²) < 4.78 is 0. The van der Waals surface area contributed by atoms with E-state index in [0.717, 1.165) is 0 Å². The monoisotopic (exact) mass is 5810 g/mol. The minimum absolute atomic E-state index is 0. The Hall–Kier alpha value is 47.0. The van der Waals surface area contributed by atoms with Gasteiger partial charge >= 0.3 is 0 Å². The molecule has 0 saturated heterocycles. The van der Waals surface area contributed by atoms with Gasteiger partial charge in [0.05, 0.1) is 0 Å². The van der Waals surface area contributed by atoms with Gasteiger partial charge in [0, 0.05) is 1390 Å². The van der Waals surface area contributed by atoms with Crippen LogP contribution in [0, 0.1) is 0 Å². The minimum atomic E-state index is 0. The summed E-state index contributed by atoms with van der Waals surface area (Å²) in [6.45, 7) is 0. The van der Waals surface area contributed by atoms with Gasteiger partial charge in [0.1, 0.15) is 0 Å². The summed E-state index contributed by atoms with van der Waals surface area (Å²) >= 11 is 0. The number of hydrogen-bond donors (Lipinski definition) is 0. The van der Waals surface area contributed by atoms with Crippen molar-refractivity contribution in [3.05, 3.63) is 0 Å². The fourth-order valence-corrected chi connectivity index (χ4v) is 0. The predicted octanol–water partition coefficient (Wildman–Crippen LogP) is -0.128. The van der Waals surface area contributed by atoms with Crippen molar-refractivity contribution in [2.24, 2.45) is 0 Å². The van der Waals surface area contributed by atoms with Crippen molar-refractivity contribution in [2.75, 3.05) is 0 Å². The molecule has 0 radical (unpaired) electrons. The molecule has 102 valence electrons. The minimum Gasteiger partial charge on any atom is 0 e. The van der Waals surface area contributed by atoms with Crippen molar-refractivity contribution in [3.63, 3.8) is 0 Å². The smallest absolute Gasteiger partial charge is 0 e. The molecular weight excluding hydrogens is 5730 g/mol. The molecule has 0 nitrogen and oxygen atoms in total. The zero-order valence-corrected chi connectivity index (χ0v) is 242. The third-order valence-corrected chi connectivity index (χ3v) is 0. The van der Waals surface area contributed by atoms with Crippen molar-refractivity contribution < 1.29 is 1390 Å². The van der Waals surface area contributed by atoms with E-state index in [4.69, 9.17) is 0 Å². The topological polar surface area (TPSA) is 0 Å². The molecule has 0 aliphatic carbocycles. The molecule has 0 heterocycles. The molecule has 0 bridgehead atoms. The van der Waals surface area contributed by atoms with Crippen LogP contribution in [0.25, 0.3) is 0 Å². The van der Waals surface area contributed by atoms with Crippen molar-refractivity contribution in [2.45, 2.75) is 0 Å². The van der Waals surface area contributed by atoms with Crippen LogP contribution in [0.1, 0.15) is 0 Å². The average molecular weight is 5730 g/mol. The first-order valence-corrected chi connectivity index (χ1v) is 0. The van der Waals surface area contributed by atoms with Crippen LogP contribution < -0.4 is 0 Å². The normalized spacial score (nSPS) is 0. The molecule has 0 aliphatic rings. The van der Waals surface area contributed by atoms with Gasteiger partial charge in [-0.1, -0.05) is 0 Å². The molecule has 51 heteroatoms. The average Bonchev–Trinajstić information content (AvgIpc) is 0. The summed E-state index contributed by atoms with van der Waals surface area (Å²) in [6, 6.07) is 0. The van der Waals surface area contributed by atoms with Gasteiger partial charge in [-0.25, -0.2) is 0 Å². The van der Waals surface area contributed by atoms with Crippen LogP contribution in [0.2, 0.25) is 0 Å². The summed E-state index contributed by atoms with van der Waals surface area (Å²) in [7, 11) is 0. The third-order valence-electron chi connectivity index (χ3n) is 0. The van der Waals surface area contributed by atoms with Crippen LogP contribution in [0.5, 0.6) is 0 Å². The Morgan fingerprint density at radius 3 is 0.0196 bits per heavy atom. The van der Waals surface area contributed by atoms with Crippen LogP contribution in [0.3, 0.4) is 0 Å². The zero-order valence-electron chi connectivity index (χ0n) is 36.1. The number of hydrogen-bond acceptors (Lipinski definition) is 0. The maximum absolute atomic E-state index is 0. The van der Waals surface area contributed by atoms with E-state index in [1.165, 1.54) is 0 Å². The Morgan fingerprint density at radius 1 is 0.0196 bits per heavy atom. The number of rotatable bonds is 0. The molecule has 0 unspecified atom stereocenters. The Labute approximate surface area is 1340 Å². The first kappa shape index (κ1) is 417.